The van der Waals surface area contributed by atoms with Gasteiger partial charge in [0.15, 0.2) is 24.2 Å². The van der Waals surface area contributed by atoms with Crippen molar-refractivity contribution < 1.29 is 18.8 Å². The largest absolute Gasteiger partial charge is 0.495 e. The number of ether oxygens (including phenoxy) is 3. The Bertz CT molecular complexity index is 1160. The van der Waals surface area contributed by atoms with Crippen LogP contribution in [0.15, 0.2) is 36.5 Å². The summed E-state index contributed by atoms with van der Waals surface area (Å²) in [4.78, 5) is 2.52. The van der Waals surface area contributed by atoms with E-state index in [9.17, 15) is 0 Å². The molecule has 6 rings (SSSR count). The van der Waals surface area contributed by atoms with E-state index >= 15 is 0 Å². The van der Waals surface area contributed by atoms with Crippen LogP contribution in [0.25, 0.3) is 22.0 Å². The van der Waals surface area contributed by atoms with Crippen LogP contribution in [0.2, 0.25) is 0 Å². The summed E-state index contributed by atoms with van der Waals surface area (Å²) in [6, 6.07) is 10.9. The molecular formula is C25H27N2O3+. The summed E-state index contributed by atoms with van der Waals surface area (Å²) in [5.41, 5.74) is 5.06. The van der Waals surface area contributed by atoms with Gasteiger partial charge >= 0.3 is 0 Å². The second kappa shape index (κ2) is 6.79. The second-order valence-corrected chi connectivity index (χ2v) is 8.78. The average Bonchev–Trinajstić information content (AvgIpc) is 3.23. The Morgan fingerprint density at radius 3 is 2.83 bits per heavy atom. The highest BCUT2D eigenvalue weighted by Crippen LogP contribution is 2.42. The third-order valence-electron chi connectivity index (χ3n) is 6.79. The zero-order chi connectivity index (χ0) is 20.2. The minimum atomic E-state index is 0.313. The van der Waals surface area contributed by atoms with Crippen molar-refractivity contribution in [2.45, 2.75) is 32.7 Å². The Hall–Kier alpha value is -2.95. The molecule has 5 heteroatoms. The van der Waals surface area contributed by atoms with Crippen molar-refractivity contribution in [3.63, 3.8) is 0 Å². The summed E-state index contributed by atoms with van der Waals surface area (Å²) in [7, 11) is 1.78. The second-order valence-electron chi connectivity index (χ2n) is 8.78. The molecule has 3 aliphatic rings. The van der Waals surface area contributed by atoms with E-state index in [0.29, 0.717) is 12.7 Å². The smallest absolute Gasteiger partial charge is 0.231 e. The van der Waals surface area contributed by atoms with Gasteiger partial charge in [-0.2, -0.15) is 4.57 Å². The van der Waals surface area contributed by atoms with Gasteiger partial charge in [-0.3, -0.25) is 0 Å². The van der Waals surface area contributed by atoms with Crippen molar-refractivity contribution in [3.05, 3.63) is 42.1 Å². The first-order valence-electron chi connectivity index (χ1n) is 10.9. The van der Waals surface area contributed by atoms with Crippen LogP contribution in [0.1, 0.15) is 25.3 Å². The monoisotopic (exact) mass is 403 g/mol. The van der Waals surface area contributed by atoms with Gasteiger partial charge in [0.2, 0.25) is 12.5 Å². The molecule has 1 atom stereocenters. The van der Waals surface area contributed by atoms with E-state index in [1.54, 1.807) is 7.11 Å². The molecule has 0 spiro atoms. The minimum Gasteiger partial charge on any atom is -0.495 e. The summed E-state index contributed by atoms with van der Waals surface area (Å²) in [5, 5.41) is 2.53. The predicted octanol–water partition coefficient (Wildman–Crippen LogP) is 4.32. The molecule has 4 heterocycles. The Kier molecular flexibility index (Phi) is 4.05. The van der Waals surface area contributed by atoms with Crippen LogP contribution in [0.5, 0.6) is 17.2 Å². The lowest BCUT2D eigenvalue weighted by Gasteiger charge is -2.34. The van der Waals surface area contributed by atoms with E-state index in [0.717, 1.165) is 43.3 Å². The van der Waals surface area contributed by atoms with Gasteiger partial charge < -0.3 is 19.1 Å². The molecule has 1 aromatic heterocycles. The number of hydrogen-bond donors (Lipinski definition) is 0. The average molecular weight is 404 g/mol. The topological polar surface area (TPSA) is 34.8 Å². The van der Waals surface area contributed by atoms with Gasteiger partial charge in [-0.25, -0.2) is 0 Å². The number of anilines is 1. The molecule has 1 fully saturated rings. The quantitative estimate of drug-likeness (QED) is 0.597. The molecule has 0 radical (unpaired) electrons. The van der Waals surface area contributed by atoms with E-state index in [4.69, 9.17) is 14.2 Å². The van der Waals surface area contributed by atoms with E-state index < -0.39 is 0 Å². The summed E-state index contributed by atoms with van der Waals surface area (Å²) in [5.74, 6) is 3.39. The van der Waals surface area contributed by atoms with E-state index in [1.165, 1.54) is 46.1 Å². The molecule has 1 unspecified atom stereocenters. The fourth-order valence-corrected chi connectivity index (χ4v) is 5.29. The van der Waals surface area contributed by atoms with Gasteiger partial charge in [0.05, 0.1) is 23.7 Å². The van der Waals surface area contributed by atoms with Gasteiger partial charge in [-0.1, -0.05) is 13.0 Å². The lowest BCUT2D eigenvalue weighted by atomic mass is 9.94. The summed E-state index contributed by atoms with van der Waals surface area (Å²) in [6.45, 7) is 5.80. The van der Waals surface area contributed by atoms with Gasteiger partial charge in [0.1, 0.15) is 5.75 Å². The maximum absolute atomic E-state index is 5.81. The first-order valence-corrected chi connectivity index (χ1v) is 10.9. The van der Waals surface area contributed by atoms with Crippen molar-refractivity contribution >= 4 is 16.5 Å². The van der Waals surface area contributed by atoms with E-state index in [-0.39, 0.29) is 0 Å². The lowest BCUT2D eigenvalue weighted by Crippen LogP contribution is -2.40. The van der Waals surface area contributed by atoms with Crippen LogP contribution in [0, 0.1) is 5.92 Å². The number of methoxy groups -OCH3 is 1. The molecule has 0 saturated carbocycles. The maximum atomic E-state index is 5.81. The number of nitrogens with zero attached hydrogens (tertiary/aromatic N) is 2. The zero-order valence-corrected chi connectivity index (χ0v) is 17.6. The Morgan fingerprint density at radius 1 is 1.13 bits per heavy atom. The number of pyridine rings is 1. The fourth-order valence-electron chi connectivity index (χ4n) is 5.29. The Morgan fingerprint density at radius 2 is 2.00 bits per heavy atom. The molecule has 30 heavy (non-hydrogen) atoms. The highest BCUT2D eigenvalue weighted by atomic mass is 16.7. The zero-order valence-electron chi connectivity index (χ0n) is 17.6. The van der Waals surface area contributed by atoms with Crippen LogP contribution in [0.4, 0.5) is 5.69 Å². The summed E-state index contributed by atoms with van der Waals surface area (Å²) >= 11 is 0. The SMILES string of the molecule is COc1ccc2cc3[n+](cc2c1N1CCCC(C)C1)CCc1cc2c(cc1-3)OCO2. The third kappa shape index (κ3) is 2.72. The van der Waals surface area contributed by atoms with Crippen molar-refractivity contribution in [1.29, 1.82) is 0 Å². The van der Waals surface area contributed by atoms with Crippen LogP contribution in [-0.2, 0) is 13.0 Å². The molecule has 0 aliphatic carbocycles. The molecule has 3 aromatic rings. The number of rotatable bonds is 2. The van der Waals surface area contributed by atoms with E-state index in [1.807, 2.05) is 0 Å². The molecule has 154 valence electrons. The van der Waals surface area contributed by atoms with Crippen molar-refractivity contribution in [2.75, 3.05) is 31.9 Å². The van der Waals surface area contributed by atoms with Crippen molar-refractivity contribution in [3.8, 4) is 28.5 Å². The normalized spacial score (nSPS) is 19.5. The van der Waals surface area contributed by atoms with Crippen molar-refractivity contribution in [2.24, 2.45) is 5.92 Å². The van der Waals surface area contributed by atoms with Gasteiger partial charge in [0, 0.05) is 25.6 Å². The summed E-state index contributed by atoms with van der Waals surface area (Å²) < 4.78 is 19.4. The number of fused-ring (bicyclic) bond motifs is 5. The standard InChI is InChI=1S/C25H27N2O3/c1-16-4-3-8-27(13-16)25-20-14-26-9-7-18-11-23-24(30-15-29-23)12-19(18)21(26)10-17(20)5-6-22(25)28-2/h5-6,10-12,14,16H,3-4,7-9,13,15H2,1-2H3/q+1. The van der Waals surface area contributed by atoms with Crippen LogP contribution in [-0.4, -0.2) is 27.0 Å². The Labute approximate surface area is 176 Å². The molecule has 0 bridgehead atoms. The summed E-state index contributed by atoms with van der Waals surface area (Å²) in [6.07, 6.45) is 5.87. The Balaban J connectivity index is 1.53. The number of benzene rings is 2. The highest BCUT2D eigenvalue weighted by molar-refractivity contribution is 5.98. The minimum absolute atomic E-state index is 0.313. The maximum Gasteiger partial charge on any atom is 0.231 e. The molecule has 0 amide bonds. The van der Waals surface area contributed by atoms with Crippen LogP contribution >= 0.6 is 0 Å². The third-order valence-corrected chi connectivity index (χ3v) is 6.79. The molecule has 2 aromatic carbocycles. The lowest BCUT2D eigenvalue weighted by molar-refractivity contribution is -0.686. The number of piperidine rings is 1. The number of aryl methyl sites for hydroxylation is 2. The van der Waals surface area contributed by atoms with Crippen LogP contribution in [0.3, 0.4) is 0 Å². The van der Waals surface area contributed by atoms with Gasteiger partial charge in [0.25, 0.3) is 0 Å². The molecule has 0 N–H and O–H groups in total. The van der Waals surface area contributed by atoms with E-state index in [2.05, 4.69) is 52.9 Å². The number of aromatic nitrogens is 1. The van der Waals surface area contributed by atoms with Crippen molar-refractivity contribution in [1.82, 2.24) is 0 Å². The first-order chi connectivity index (χ1) is 14.7. The molecule has 1 saturated heterocycles. The molecular weight excluding hydrogens is 376 g/mol. The highest BCUT2D eigenvalue weighted by Gasteiger charge is 2.29. The van der Waals surface area contributed by atoms with Gasteiger partial charge in [-0.05, 0) is 47.9 Å². The first kappa shape index (κ1) is 17.9. The number of hydrogen-bond acceptors (Lipinski definition) is 4. The fraction of sp³-hybridized carbons (Fsp3) is 0.400. The molecule has 3 aliphatic heterocycles. The van der Waals surface area contributed by atoms with Crippen LogP contribution < -0.4 is 23.7 Å². The van der Waals surface area contributed by atoms with Gasteiger partial charge in [-0.15, -0.1) is 0 Å². The molecule has 5 nitrogen and oxygen atoms in total. The predicted molar refractivity (Wildman–Crippen MR) is 117 cm³/mol.